The molecule has 0 aromatic heterocycles. The van der Waals surface area contributed by atoms with Gasteiger partial charge >= 0.3 is 26.2 Å². The summed E-state index contributed by atoms with van der Waals surface area (Å²) in [4.78, 5) is 0. The molecule has 0 heterocycles. The maximum Gasteiger partial charge on any atom is 3.00 e. The minimum absolute atomic E-state index is 0. The first kappa shape index (κ1) is 33.2. The molecule has 0 saturated heterocycles. The van der Waals surface area contributed by atoms with Crippen molar-refractivity contribution < 1.29 is 31.3 Å². The predicted molar refractivity (Wildman–Crippen MR) is 166 cm³/mol. The zero-order chi connectivity index (χ0) is 27.1. The van der Waals surface area contributed by atoms with Crippen LogP contribution in [0.4, 0.5) is 0 Å². The van der Waals surface area contributed by atoms with Gasteiger partial charge in [0, 0.05) is 5.56 Å². The maximum atomic E-state index is 11.5. The van der Waals surface area contributed by atoms with Crippen molar-refractivity contribution in [3.05, 3.63) is 113 Å². The van der Waals surface area contributed by atoms with Gasteiger partial charge < -0.3 is 5.11 Å². The molecular formula is C36H45OSiZr+2. The third-order valence-corrected chi connectivity index (χ3v) is 8.74. The van der Waals surface area contributed by atoms with Gasteiger partial charge in [-0.15, -0.1) is 17.7 Å². The van der Waals surface area contributed by atoms with Crippen LogP contribution in [0, 0.1) is 17.2 Å². The Morgan fingerprint density at radius 3 is 1.49 bits per heavy atom. The molecule has 0 spiro atoms. The first-order valence-electron chi connectivity index (χ1n) is 14.5. The molecular weight excluding hydrogens is 568 g/mol. The van der Waals surface area contributed by atoms with Crippen molar-refractivity contribution in [1.82, 2.24) is 0 Å². The Balaban J connectivity index is 0.000000403. The van der Waals surface area contributed by atoms with Crippen LogP contribution < -0.4 is 0 Å². The van der Waals surface area contributed by atoms with E-state index in [1.54, 1.807) is 0 Å². The van der Waals surface area contributed by atoms with Gasteiger partial charge in [-0.1, -0.05) is 150 Å². The molecule has 2 saturated carbocycles. The summed E-state index contributed by atoms with van der Waals surface area (Å²) >= 11 is 0. The number of aliphatic hydroxyl groups is 1. The van der Waals surface area contributed by atoms with Gasteiger partial charge in [0.2, 0.25) is 0 Å². The summed E-state index contributed by atoms with van der Waals surface area (Å²) in [6.45, 7) is 6.16. The Morgan fingerprint density at radius 1 is 0.667 bits per heavy atom. The van der Waals surface area contributed by atoms with E-state index >= 15 is 0 Å². The van der Waals surface area contributed by atoms with E-state index in [1.807, 2.05) is 97.9 Å². The standard InChI is InChI=1S/C26H25OSi.2C5H10.Zr/c1-26(27,24-17-11-6-12-18-24)25(23-15-9-5-10-16-23)21-28(2,3)20-19-22-13-7-4-8-14-22;2*1-2-4-5-3-1;/h4-18,27H,1-3H3;2*1-5H2;/q-1;;;+3. The van der Waals surface area contributed by atoms with Crippen molar-refractivity contribution in [2.75, 3.05) is 0 Å². The zero-order valence-corrected chi connectivity index (χ0v) is 27.6. The van der Waals surface area contributed by atoms with Gasteiger partial charge in [-0.05, 0) is 24.6 Å². The average Bonchev–Trinajstić information content (AvgIpc) is 3.72. The molecule has 2 aliphatic rings. The van der Waals surface area contributed by atoms with Gasteiger partial charge in [0.15, 0.2) is 0 Å². The van der Waals surface area contributed by atoms with E-state index in [0.717, 1.165) is 22.3 Å². The van der Waals surface area contributed by atoms with Crippen LogP contribution in [0.1, 0.15) is 87.8 Å². The molecule has 3 aromatic rings. The predicted octanol–water partition coefficient (Wildman–Crippen LogP) is 9.52. The first-order chi connectivity index (χ1) is 18.4. The van der Waals surface area contributed by atoms with Crippen molar-refractivity contribution in [1.29, 1.82) is 0 Å². The molecule has 2 aliphatic carbocycles. The number of hydrogen-bond donors (Lipinski definition) is 1. The second-order valence-corrected chi connectivity index (χ2v) is 14.8. The van der Waals surface area contributed by atoms with Crippen molar-refractivity contribution >= 4 is 13.6 Å². The summed E-state index contributed by atoms with van der Waals surface area (Å²) in [6.07, 6.45) is 15.0. The van der Waals surface area contributed by atoms with Crippen LogP contribution in [0.25, 0.3) is 5.57 Å². The van der Waals surface area contributed by atoms with Crippen LogP contribution in [0.15, 0.2) is 91.0 Å². The smallest absolute Gasteiger partial charge is 0.384 e. The van der Waals surface area contributed by atoms with Crippen molar-refractivity contribution in [2.24, 2.45) is 0 Å². The van der Waals surface area contributed by atoms with E-state index in [9.17, 15) is 5.11 Å². The second-order valence-electron chi connectivity index (χ2n) is 11.1. The summed E-state index contributed by atoms with van der Waals surface area (Å²) in [7, 11) is -2.18. The third-order valence-electron chi connectivity index (χ3n) is 7.12. The van der Waals surface area contributed by atoms with Crippen LogP contribution in [-0.4, -0.2) is 13.2 Å². The molecule has 3 heteroatoms. The minimum atomic E-state index is -2.18. The van der Waals surface area contributed by atoms with Crippen LogP contribution in [-0.2, 0) is 31.8 Å². The summed E-state index contributed by atoms with van der Waals surface area (Å²) in [5.41, 5.74) is 9.56. The molecule has 2 fully saturated rings. The van der Waals surface area contributed by atoms with Gasteiger partial charge in [0.25, 0.3) is 0 Å². The van der Waals surface area contributed by atoms with Gasteiger partial charge in [0.1, 0.15) is 0 Å². The Labute approximate surface area is 258 Å². The monoisotopic (exact) mass is 611 g/mol. The van der Waals surface area contributed by atoms with E-state index in [0.29, 0.717) is 0 Å². The van der Waals surface area contributed by atoms with Crippen LogP contribution in [0.3, 0.4) is 0 Å². The molecule has 0 bridgehead atoms. The fraction of sp³-hybridized carbons (Fsp3) is 0.389. The molecule has 5 rings (SSSR count). The normalized spacial score (nSPS) is 16.2. The molecule has 39 heavy (non-hydrogen) atoms. The van der Waals surface area contributed by atoms with Crippen LogP contribution in [0.5, 0.6) is 0 Å². The first-order valence-corrected chi connectivity index (χ1v) is 17.5. The molecule has 1 nitrogen and oxygen atoms in total. The minimum Gasteiger partial charge on any atom is -0.384 e. The maximum absolute atomic E-state index is 11.5. The molecule has 1 N–H and O–H groups in total. The topological polar surface area (TPSA) is 20.2 Å². The van der Waals surface area contributed by atoms with E-state index in [1.165, 1.54) is 64.2 Å². The Morgan fingerprint density at radius 2 is 1.05 bits per heavy atom. The van der Waals surface area contributed by atoms with E-state index in [-0.39, 0.29) is 26.2 Å². The van der Waals surface area contributed by atoms with E-state index in [4.69, 9.17) is 0 Å². The quantitative estimate of drug-likeness (QED) is 0.177. The fourth-order valence-corrected chi connectivity index (χ4v) is 6.38. The second kappa shape index (κ2) is 17.7. The summed E-state index contributed by atoms with van der Waals surface area (Å²) in [5.74, 6) is 3.29. The average molecular weight is 613 g/mol. The number of benzene rings is 3. The SMILES string of the molecule is C1CCCC1.C1CCCC1.CC(O)(C(=[C-][Si](C)(C)C#Cc1ccccc1)c1ccccc1)c1ccccc1.[Zr+3]. The van der Waals surface area contributed by atoms with Gasteiger partial charge in [-0.2, -0.15) is 11.1 Å². The van der Waals surface area contributed by atoms with Gasteiger partial charge in [0.05, 0.1) is 13.7 Å². The Kier molecular flexibility index (Phi) is 15.0. The Hall–Kier alpha value is -1.98. The van der Waals surface area contributed by atoms with Crippen molar-refractivity contribution in [3.63, 3.8) is 0 Å². The number of rotatable bonds is 4. The Bertz CT molecular complexity index is 1120. The van der Waals surface area contributed by atoms with Gasteiger partial charge in [-0.3, -0.25) is 5.70 Å². The largest absolute Gasteiger partial charge is 3.00 e. The molecule has 1 atom stereocenters. The van der Waals surface area contributed by atoms with Crippen molar-refractivity contribution in [3.8, 4) is 11.5 Å². The van der Waals surface area contributed by atoms with Crippen molar-refractivity contribution in [2.45, 2.75) is 89.8 Å². The molecule has 0 aliphatic heterocycles. The van der Waals surface area contributed by atoms with Crippen LogP contribution in [0.2, 0.25) is 13.1 Å². The van der Waals surface area contributed by atoms with E-state index in [2.05, 4.69) is 30.3 Å². The summed E-state index contributed by atoms with van der Waals surface area (Å²) in [6, 6.07) is 29.8. The van der Waals surface area contributed by atoms with Gasteiger partial charge in [-0.25, -0.2) is 0 Å². The van der Waals surface area contributed by atoms with E-state index < -0.39 is 13.7 Å². The van der Waals surface area contributed by atoms with Crippen LogP contribution >= 0.6 is 0 Å². The summed E-state index contributed by atoms with van der Waals surface area (Å²) < 4.78 is 0. The fourth-order valence-electron chi connectivity index (χ4n) is 4.85. The molecule has 3 aromatic carbocycles. The molecule has 1 unspecified atom stereocenters. The molecule has 1 radical (unpaired) electrons. The third kappa shape index (κ3) is 12.0. The number of hydrogen-bond acceptors (Lipinski definition) is 1. The molecule has 201 valence electrons. The summed E-state index contributed by atoms with van der Waals surface area (Å²) in [5, 5.41) is 11.5. The molecule has 0 amide bonds. The zero-order valence-electron chi connectivity index (χ0n) is 24.2.